The SMILES string of the molecule is CCCCCCCC[P+](CCCCCCCC)(CCCCCCCC)P(C)Cc1ccccc1. The van der Waals surface area contributed by atoms with Crippen molar-refractivity contribution in [2.75, 3.05) is 25.2 Å². The molecule has 1 unspecified atom stereocenters. The lowest BCUT2D eigenvalue weighted by Gasteiger charge is -2.34. The molecule has 198 valence electrons. The average molecular weight is 508 g/mol. The van der Waals surface area contributed by atoms with Crippen molar-refractivity contribution in [3.05, 3.63) is 35.9 Å². The van der Waals surface area contributed by atoms with Gasteiger partial charge in [0.2, 0.25) is 0 Å². The standard InChI is InChI=1S/C32H61P2/c1-5-8-11-14-17-23-28-34(29-24-18-15-12-9-6-2,30-25-19-16-13-10-7-3)33(4)31-32-26-21-20-22-27-32/h20-22,26-27H,5-19,23-25,28-31H2,1-4H3/q+1. The van der Waals surface area contributed by atoms with Gasteiger partial charge in [-0.3, -0.25) is 0 Å². The highest BCUT2D eigenvalue weighted by Crippen LogP contribution is 2.84. The van der Waals surface area contributed by atoms with Gasteiger partial charge in [0.25, 0.3) is 0 Å². The predicted molar refractivity (Wildman–Crippen MR) is 165 cm³/mol. The van der Waals surface area contributed by atoms with Crippen molar-refractivity contribution in [1.29, 1.82) is 0 Å². The van der Waals surface area contributed by atoms with Gasteiger partial charge in [0, 0.05) is 13.1 Å². The third-order valence-corrected chi connectivity index (χ3v) is 20.0. The maximum Gasteiger partial charge on any atom is 0.0616 e. The molecule has 0 bridgehead atoms. The molecule has 0 fully saturated rings. The highest BCUT2D eigenvalue weighted by atomic mass is 32.1. The molecule has 1 atom stereocenters. The van der Waals surface area contributed by atoms with E-state index in [0.717, 1.165) is 0 Å². The number of hydrogen-bond acceptors (Lipinski definition) is 0. The van der Waals surface area contributed by atoms with E-state index in [0.29, 0.717) is 0 Å². The van der Waals surface area contributed by atoms with E-state index in [1.807, 2.05) is 0 Å². The van der Waals surface area contributed by atoms with Gasteiger partial charge in [-0.2, -0.15) is 0 Å². The summed E-state index contributed by atoms with van der Waals surface area (Å²) in [6.45, 7) is 8.89. The molecule has 0 heterocycles. The van der Waals surface area contributed by atoms with Crippen LogP contribution in [0.4, 0.5) is 0 Å². The molecule has 0 saturated heterocycles. The summed E-state index contributed by atoms with van der Waals surface area (Å²) in [6.07, 6.45) is 32.4. The minimum absolute atomic E-state index is 0.124. The average Bonchev–Trinajstić information content (AvgIpc) is 2.85. The van der Waals surface area contributed by atoms with E-state index >= 15 is 0 Å². The van der Waals surface area contributed by atoms with Crippen LogP contribution in [0.1, 0.15) is 142 Å². The summed E-state index contributed by atoms with van der Waals surface area (Å²) in [6, 6.07) is 11.5. The quantitative estimate of drug-likeness (QED) is 0.0964. The lowest BCUT2D eigenvalue weighted by Crippen LogP contribution is -2.09. The van der Waals surface area contributed by atoms with Crippen LogP contribution in [-0.4, -0.2) is 25.2 Å². The maximum absolute atomic E-state index is 2.72. The summed E-state index contributed by atoms with van der Waals surface area (Å²) in [5.74, 6) is 0. The van der Waals surface area contributed by atoms with E-state index in [4.69, 9.17) is 0 Å². The van der Waals surface area contributed by atoms with Crippen molar-refractivity contribution in [2.45, 2.75) is 143 Å². The maximum atomic E-state index is 2.72. The third kappa shape index (κ3) is 15.2. The van der Waals surface area contributed by atoms with Gasteiger partial charge in [0.1, 0.15) is 0 Å². The first-order valence-electron chi connectivity index (χ1n) is 15.3. The molecule has 0 saturated carbocycles. The van der Waals surface area contributed by atoms with Crippen LogP contribution in [-0.2, 0) is 6.16 Å². The number of benzene rings is 1. The molecule has 0 aromatic heterocycles. The van der Waals surface area contributed by atoms with Crippen LogP contribution in [0.3, 0.4) is 0 Å². The van der Waals surface area contributed by atoms with E-state index in [1.54, 1.807) is 24.0 Å². The Morgan fingerprint density at radius 1 is 0.500 bits per heavy atom. The van der Waals surface area contributed by atoms with Crippen LogP contribution < -0.4 is 0 Å². The molecule has 0 N–H and O–H groups in total. The first kappa shape index (κ1) is 32.1. The van der Waals surface area contributed by atoms with Crippen LogP contribution >= 0.6 is 14.6 Å². The van der Waals surface area contributed by atoms with Gasteiger partial charge in [-0.25, -0.2) is 0 Å². The number of unbranched alkanes of at least 4 members (excludes halogenated alkanes) is 15. The lowest BCUT2D eigenvalue weighted by atomic mass is 10.1. The highest BCUT2D eigenvalue weighted by Gasteiger charge is 2.41. The normalized spacial score (nSPS) is 12.8. The van der Waals surface area contributed by atoms with E-state index in [2.05, 4.69) is 57.8 Å². The van der Waals surface area contributed by atoms with Crippen molar-refractivity contribution < 1.29 is 0 Å². The second-order valence-corrected chi connectivity index (χ2v) is 20.6. The Balaban J connectivity index is 2.80. The summed E-state index contributed by atoms with van der Waals surface area (Å²) in [5, 5.41) is 0. The minimum atomic E-state index is -0.855. The Labute approximate surface area is 217 Å². The van der Waals surface area contributed by atoms with Crippen LogP contribution in [0.5, 0.6) is 0 Å². The Kier molecular flexibility index (Phi) is 21.1. The first-order valence-corrected chi connectivity index (χ1v) is 20.3. The van der Waals surface area contributed by atoms with Gasteiger partial charge >= 0.3 is 0 Å². The van der Waals surface area contributed by atoms with Crippen molar-refractivity contribution in [3.63, 3.8) is 0 Å². The van der Waals surface area contributed by atoms with Gasteiger partial charge < -0.3 is 0 Å². The lowest BCUT2D eigenvalue weighted by molar-refractivity contribution is 0.617. The van der Waals surface area contributed by atoms with Gasteiger partial charge in [0.15, 0.2) is 0 Å². The second-order valence-electron chi connectivity index (χ2n) is 10.9. The smallest absolute Gasteiger partial charge is 0.0616 e. The largest absolute Gasteiger partial charge is 0.0654 e. The molecule has 2 heteroatoms. The molecule has 1 aromatic rings. The van der Waals surface area contributed by atoms with E-state index in [9.17, 15) is 0 Å². The predicted octanol–water partition coefficient (Wildman–Crippen LogP) is 12.3. The monoisotopic (exact) mass is 507 g/mol. The van der Waals surface area contributed by atoms with Crippen molar-refractivity contribution in [2.24, 2.45) is 0 Å². The molecule has 0 aliphatic carbocycles. The molecule has 0 amide bonds. The fourth-order valence-corrected chi connectivity index (χ4v) is 16.3. The molecule has 1 aromatic carbocycles. The molecule has 0 radical (unpaired) electrons. The summed E-state index contributed by atoms with van der Waals surface area (Å²) in [4.78, 5) is 0. The van der Waals surface area contributed by atoms with E-state index in [1.165, 1.54) is 122 Å². The summed E-state index contributed by atoms with van der Waals surface area (Å²) < 4.78 is 0. The van der Waals surface area contributed by atoms with E-state index in [-0.39, 0.29) is 7.61 Å². The molecule has 0 nitrogen and oxygen atoms in total. The molecule has 0 aliphatic rings. The summed E-state index contributed by atoms with van der Waals surface area (Å²) in [5.41, 5.74) is 1.61. The second kappa shape index (κ2) is 22.3. The number of rotatable bonds is 24. The Bertz CT molecular complexity index is 500. The van der Waals surface area contributed by atoms with Crippen molar-refractivity contribution in [1.82, 2.24) is 0 Å². The number of hydrogen-bond donors (Lipinski definition) is 0. The zero-order chi connectivity index (χ0) is 24.7. The fourth-order valence-electron chi connectivity index (χ4n) is 5.40. The first-order chi connectivity index (χ1) is 16.7. The van der Waals surface area contributed by atoms with Crippen LogP contribution in [0.15, 0.2) is 30.3 Å². The van der Waals surface area contributed by atoms with Crippen LogP contribution in [0.25, 0.3) is 0 Å². The Morgan fingerprint density at radius 2 is 0.853 bits per heavy atom. The highest BCUT2D eigenvalue weighted by molar-refractivity contribution is 8.38. The van der Waals surface area contributed by atoms with E-state index < -0.39 is 6.95 Å². The topological polar surface area (TPSA) is 0 Å². The molecule has 34 heavy (non-hydrogen) atoms. The molecular weight excluding hydrogens is 446 g/mol. The minimum Gasteiger partial charge on any atom is -0.0654 e. The van der Waals surface area contributed by atoms with Gasteiger partial charge in [0.05, 0.1) is 26.1 Å². The molecule has 0 aliphatic heterocycles. The summed E-state index contributed by atoms with van der Waals surface area (Å²) >= 11 is 0. The Morgan fingerprint density at radius 3 is 1.24 bits per heavy atom. The molecule has 1 rings (SSSR count). The zero-order valence-corrected chi connectivity index (χ0v) is 25.6. The van der Waals surface area contributed by atoms with Gasteiger partial charge in [-0.15, -0.1) is 0 Å². The van der Waals surface area contributed by atoms with Crippen molar-refractivity contribution >= 4 is 14.6 Å². The van der Waals surface area contributed by atoms with Crippen molar-refractivity contribution in [3.8, 4) is 0 Å². The van der Waals surface area contributed by atoms with Gasteiger partial charge in [-0.1, -0.05) is 128 Å². The van der Waals surface area contributed by atoms with Crippen LogP contribution in [0, 0.1) is 0 Å². The van der Waals surface area contributed by atoms with Gasteiger partial charge in [-0.05, 0) is 50.8 Å². The summed E-state index contributed by atoms with van der Waals surface area (Å²) in [7, 11) is 0.124. The molecular formula is C32H61P2+. The van der Waals surface area contributed by atoms with Crippen LogP contribution in [0.2, 0.25) is 0 Å². The fraction of sp³-hybridized carbons (Fsp3) is 0.812. The zero-order valence-electron chi connectivity index (χ0n) is 23.8. The molecule has 0 spiro atoms. The Hall–Kier alpha value is 0.0800. The third-order valence-electron chi connectivity index (χ3n) is 7.76.